The van der Waals surface area contributed by atoms with Crippen molar-refractivity contribution in [3.63, 3.8) is 0 Å². The van der Waals surface area contributed by atoms with Crippen molar-refractivity contribution in [2.75, 3.05) is 0 Å². The molecular weight excluding hydrogens is 809 g/mol. The number of aromatic nitrogens is 4. The monoisotopic (exact) mass is 846 g/mol. The molecule has 65 heavy (non-hydrogen) atoms. The highest BCUT2D eigenvalue weighted by Crippen LogP contribution is 2.42. The van der Waals surface area contributed by atoms with Crippen LogP contribution in [-0.4, -0.2) is 18.3 Å². The van der Waals surface area contributed by atoms with E-state index in [0.717, 1.165) is 32.5 Å². The van der Waals surface area contributed by atoms with Gasteiger partial charge >= 0.3 is 0 Å². The van der Waals surface area contributed by atoms with Crippen LogP contribution in [0.1, 0.15) is 0 Å². The van der Waals surface area contributed by atoms with Crippen LogP contribution < -0.4 is 0 Å². The van der Waals surface area contributed by atoms with Gasteiger partial charge in [0, 0.05) is 75.6 Å². The first kappa shape index (κ1) is 36.3. The van der Waals surface area contributed by atoms with Crippen LogP contribution in [0.3, 0.4) is 0 Å². The molecule has 0 N–H and O–H groups in total. The van der Waals surface area contributed by atoms with Crippen molar-refractivity contribution < 1.29 is 0 Å². The highest BCUT2D eigenvalue weighted by Gasteiger charge is 2.20. The van der Waals surface area contributed by atoms with E-state index in [1.807, 2.05) is 11.8 Å². The standard InChI is InChI=1S/C60H38N4S/c1-9-25-53-45(17-1)46-18-2-10-26-54(46)61(53)39-33-40(62-55-27-11-3-19-47(55)48-20-4-12-28-56(48)62)36-43(35-39)65-44-37-41(63-57-29-13-5-21-49(57)50-22-6-14-30-58(50)63)34-42(38-44)64-59-31-15-7-23-51(59)52-24-8-16-32-60(52)64/h1-38H. The van der Waals surface area contributed by atoms with Gasteiger partial charge in [-0.2, -0.15) is 0 Å². The normalized spacial score (nSPS) is 12.1. The molecule has 0 atom stereocenters. The molecule has 0 aliphatic heterocycles. The number of para-hydroxylation sites is 8. The van der Waals surface area contributed by atoms with Gasteiger partial charge in [0.2, 0.25) is 0 Å². The van der Waals surface area contributed by atoms with Gasteiger partial charge in [-0.3, -0.25) is 0 Å². The summed E-state index contributed by atoms with van der Waals surface area (Å²) in [4.78, 5) is 2.29. The Hall–Kier alpha value is -8.25. The zero-order chi connectivity index (χ0) is 42.6. The van der Waals surface area contributed by atoms with Gasteiger partial charge in [0.1, 0.15) is 0 Å². The van der Waals surface area contributed by atoms with Gasteiger partial charge in [0.25, 0.3) is 0 Å². The minimum absolute atomic E-state index is 1.12. The van der Waals surface area contributed by atoms with E-state index in [-0.39, 0.29) is 0 Å². The highest BCUT2D eigenvalue weighted by molar-refractivity contribution is 7.99. The Morgan fingerprint density at radius 3 is 0.554 bits per heavy atom. The van der Waals surface area contributed by atoms with Crippen molar-refractivity contribution in [2.45, 2.75) is 9.79 Å². The van der Waals surface area contributed by atoms with E-state index >= 15 is 0 Å². The quantitative estimate of drug-likeness (QED) is 0.163. The van der Waals surface area contributed by atoms with Gasteiger partial charge in [-0.05, 0) is 84.9 Å². The van der Waals surface area contributed by atoms with Crippen molar-refractivity contribution in [3.05, 3.63) is 231 Å². The molecule has 0 bridgehead atoms. The first-order chi connectivity index (χ1) is 32.2. The Morgan fingerprint density at radius 1 is 0.200 bits per heavy atom. The Bertz CT molecular complexity index is 3480. The molecule has 304 valence electrons. The smallest absolute Gasteiger partial charge is 0.0541 e. The fourth-order valence-electron chi connectivity index (χ4n) is 10.7. The van der Waals surface area contributed by atoms with Crippen LogP contribution in [0.25, 0.3) is 110 Å². The van der Waals surface area contributed by atoms with E-state index in [2.05, 4.69) is 249 Å². The zero-order valence-electron chi connectivity index (χ0n) is 35.1. The van der Waals surface area contributed by atoms with E-state index < -0.39 is 0 Å². The number of hydrogen-bond acceptors (Lipinski definition) is 1. The van der Waals surface area contributed by atoms with Crippen molar-refractivity contribution in [3.8, 4) is 22.7 Å². The predicted molar refractivity (Wildman–Crippen MR) is 274 cm³/mol. The average molecular weight is 847 g/mol. The summed E-state index contributed by atoms with van der Waals surface area (Å²) in [6, 6.07) is 84.7. The molecule has 0 aliphatic rings. The van der Waals surface area contributed by atoms with Gasteiger partial charge in [-0.25, -0.2) is 0 Å². The van der Waals surface area contributed by atoms with Crippen LogP contribution >= 0.6 is 11.8 Å². The first-order valence-corrected chi connectivity index (χ1v) is 23.0. The summed E-state index contributed by atoms with van der Waals surface area (Å²) in [7, 11) is 0. The maximum atomic E-state index is 2.45. The van der Waals surface area contributed by atoms with Gasteiger partial charge < -0.3 is 18.3 Å². The molecule has 14 aromatic rings. The van der Waals surface area contributed by atoms with Crippen LogP contribution in [0.2, 0.25) is 0 Å². The third-order valence-electron chi connectivity index (χ3n) is 13.3. The summed E-state index contributed by atoms with van der Waals surface area (Å²) in [5.41, 5.74) is 14.0. The fraction of sp³-hybridized carbons (Fsp3) is 0. The highest BCUT2D eigenvalue weighted by atomic mass is 32.2. The van der Waals surface area contributed by atoms with Gasteiger partial charge in [-0.15, -0.1) is 0 Å². The van der Waals surface area contributed by atoms with Crippen LogP contribution in [0.4, 0.5) is 0 Å². The van der Waals surface area contributed by atoms with Crippen LogP contribution in [0, 0.1) is 0 Å². The maximum absolute atomic E-state index is 2.45. The summed E-state index contributed by atoms with van der Waals surface area (Å²) in [6.07, 6.45) is 0. The molecule has 0 unspecified atom stereocenters. The topological polar surface area (TPSA) is 19.7 Å². The summed E-state index contributed by atoms with van der Waals surface area (Å²) in [5.74, 6) is 0. The van der Waals surface area contributed by atoms with Crippen LogP contribution in [0.15, 0.2) is 240 Å². The average Bonchev–Trinajstić information content (AvgIpc) is 4.09. The Labute approximate surface area is 378 Å². The second-order valence-corrected chi connectivity index (χ2v) is 18.1. The number of rotatable bonds is 6. The van der Waals surface area contributed by atoms with Gasteiger partial charge in [-0.1, -0.05) is 157 Å². The van der Waals surface area contributed by atoms with Gasteiger partial charge in [0.05, 0.1) is 44.1 Å². The molecule has 10 aromatic carbocycles. The van der Waals surface area contributed by atoms with Crippen molar-refractivity contribution in [2.24, 2.45) is 0 Å². The van der Waals surface area contributed by atoms with E-state index in [4.69, 9.17) is 0 Å². The Kier molecular flexibility index (Phi) is 7.88. The number of fused-ring (bicyclic) bond motifs is 12. The van der Waals surface area contributed by atoms with E-state index in [0.29, 0.717) is 0 Å². The summed E-state index contributed by atoms with van der Waals surface area (Å²) in [5, 5.41) is 9.96. The lowest BCUT2D eigenvalue weighted by molar-refractivity contribution is 1.10. The summed E-state index contributed by atoms with van der Waals surface area (Å²) < 4.78 is 9.79. The van der Waals surface area contributed by atoms with E-state index in [1.165, 1.54) is 87.2 Å². The molecule has 0 spiro atoms. The third kappa shape index (κ3) is 5.46. The molecule has 0 aliphatic carbocycles. The fourth-order valence-corrected chi connectivity index (χ4v) is 11.7. The summed E-state index contributed by atoms with van der Waals surface area (Å²) in [6.45, 7) is 0. The van der Waals surface area contributed by atoms with Gasteiger partial charge in [0.15, 0.2) is 0 Å². The first-order valence-electron chi connectivity index (χ1n) is 22.2. The molecule has 4 heterocycles. The molecule has 5 heteroatoms. The van der Waals surface area contributed by atoms with Crippen molar-refractivity contribution in [1.29, 1.82) is 0 Å². The second-order valence-electron chi connectivity index (χ2n) is 17.0. The Morgan fingerprint density at radius 2 is 0.369 bits per heavy atom. The number of hydrogen-bond donors (Lipinski definition) is 0. The zero-order valence-corrected chi connectivity index (χ0v) is 36.0. The number of benzene rings is 10. The summed E-state index contributed by atoms with van der Waals surface area (Å²) >= 11 is 1.82. The van der Waals surface area contributed by atoms with Crippen molar-refractivity contribution in [1.82, 2.24) is 18.3 Å². The largest absolute Gasteiger partial charge is 0.309 e. The Balaban J connectivity index is 1.05. The molecule has 4 nitrogen and oxygen atoms in total. The molecular formula is C60H38N4S. The second kappa shape index (κ2) is 14.1. The molecule has 14 rings (SSSR count). The van der Waals surface area contributed by atoms with E-state index in [1.54, 1.807) is 0 Å². The SMILES string of the molecule is c1ccc2c(c1)c1ccccc1n2-c1cc(Sc2cc(-n3c4ccccc4c4ccccc43)cc(-n3c4ccccc4c4ccccc43)c2)cc(-n2c3ccccc3c3ccccc32)c1. The lowest BCUT2D eigenvalue weighted by Gasteiger charge is -2.17. The lowest BCUT2D eigenvalue weighted by Crippen LogP contribution is -2.01. The van der Waals surface area contributed by atoms with Crippen LogP contribution in [0.5, 0.6) is 0 Å². The predicted octanol–water partition coefficient (Wildman–Crippen LogP) is 16.2. The lowest BCUT2D eigenvalue weighted by atomic mass is 10.2. The van der Waals surface area contributed by atoms with E-state index in [9.17, 15) is 0 Å². The molecule has 0 saturated carbocycles. The molecule has 0 amide bonds. The minimum Gasteiger partial charge on any atom is -0.309 e. The minimum atomic E-state index is 1.12. The maximum Gasteiger partial charge on any atom is 0.0541 e. The molecule has 0 saturated heterocycles. The molecule has 4 aromatic heterocycles. The third-order valence-corrected chi connectivity index (χ3v) is 14.3. The molecule has 0 radical (unpaired) electrons. The number of nitrogens with zero attached hydrogens (tertiary/aromatic N) is 4. The molecule has 0 fully saturated rings. The van der Waals surface area contributed by atoms with Crippen molar-refractivity contribution >= 4 is 99.0 Å². The van der Waals surface area contributed by atoms with Crippen LogP contribution in [-0.2, 0) is 0 Å².